The van der Waals surface area contributed by atoms with Crippen LogP contribution in [0, 0.1) is 10.1 Å². The second-order valence-electron chi connectivity index (χ2n) is 3.91. The summed E-state index contributed by atoms with van der Waals surface area (Å²) >= 11 is 0. The third-order valence-electron chi connectivity index (χ3n) is 2.46. The molecule has 0 atom stereocenters. The molecular formula is C13H17NO7. The molecule has 0 fully saturated rings. The second-order valence-corrected chi connectivity index (χ2v) is 3.91. The Morgan fingerprint density at radius 2 is 1.81 bits per heavy atom. The first-order valence-electron chi connectivity index (χ1n) is 6.16. The van der Waals surface area contributed by atoms with Gasteiger partial charge in [-0.2, -0.15) is 0 Å². The van der Waals surface area contributed by atoms with Crippen LogP contribution in [0.15, 0.2) is 18.2 Å². The van der Waals surface area contributed by atoms with Gasteiger partial charge in [0, 0.05) is 26.4 Å². The van der Waals surface area contributed by atoms with Gasteiger partial charge in [-0.25, -0.2) is 4.79 Å². The molecule has 0 bridgehead atoms. The molecule has 0 spiro atoms. The number of benzene rings is 1. The van der Waals surface area contributed by atoms with Crippen LogP contribution in [0.3, 0.4) is 0 Å². The number of carbonyl (C=O) groups excluding carboxylic acids is 1. The van der Waals surface area contributed by atoms with Crippen LogP contribution in [0.2, 0.25) is 0 Å². The normalized spacial score (nSPS) is 10.2. The van der Waals surface area contributed by atoms with Crippen molar-refractivity contribution >= 4 is 11.7 Å². The fourth-order valence-corrected chi connectivity index (χ4v) is 1.45. The van der Waals surface area contributed by atoms with Crippen molar-refractivity contribution in [2.75, 3.05) is 40.6 Å². The van der Waals surface area contributed by atoms with Crippen LogP contribution in [0.5, 0.6) is 5.75 Å². The minimum absolute atomic E-state index is 0.00333. The van der Waals surface area contributed by atoms with Crippen LogP contribution < -0.4 is 4.74 Å². The molecule has 21 heavy (non-hydrogen) atoms. The van der Waals surface area contributed by atoms with E-state index in [1.165, 1.54) is 26.4 Å². The highest BCUT2D eigenvalue weighted by Crippen LogP contribution is 2.25. The molecule has 0 N–H and O–H groups in total. The zero-order valence-corrected chi connectivity index (χ0v) is 11.9. The van der Waals surface area contributed by atoms with Gasteiger partial charge in [0.15, 0.2) is 0 Å². The van der Waals surface area contributed by atoms with E-state index in [1.807, 2.05) is 0 Å². The third kappa shape index (κ3) is 5.36. The van der Waals surface area contributed by atoms with Crippen molar-refractivity contribution in [2.45, 2.75) is 0 Å². The largest absolute Gasteiger partial charge is 0.490 e. The molecule has 1 aromatic carbocycles. The molecule has 8 nitrogen and oxygen atoms in total. The number of hydrogen-bond acceptors (Lipinski definition) is 7. The number of nitro groups is 1. The molecule has 0 saturated carbocycles. The molecule has 0 aliphatic heterocycles. The van der Waals surface area contributed by atoms with Gasteiger partial charge in [0.1, 0.15) is 24.5 Å². The highest BCUT2D eigenvalue weighted by molar-refractivity contribution is 5.93. The first-order chi connectivity index (χ1) is 10.1. The maximum Gasteiger partial charge on any atom is 0.342 e. The number of ether oxygens (including phenoxy) is 4. The van der Waals surface area contributed by atoms with E-state index in [0.717, 1.165) is 6.07 Å². The molecule has 0 heterocycles. The molecule has 0 aromatic heterocycles. The number of nitro benzene ring substituents is 1. The maximum absolute atomic E-state index is 11.9. The molecule has 0 aliphatic carbocycles. The lowest BCUT2D eigenvalue weighted by molar-refractivity contribution is -0.384. The Morgan fingerprint density at radius 3 is 2.43 bits per heavy atom. The van der Waals surface area contributed by atoms with Gasteiger partial charge in [-0.05, 0) is 6.07 Å². The minimum Gasteiger partial charge on any atom is -0.490 e. The predicted molar refractivity (Wildman–Crippen MR) is 72.6 cm³/mol. The summed E-state index contributed by atoms with van der Waals surface area (Å²) in [5.41, 5.74) is -0.218. The molecule has 0 unspecified atom stereocenters. The van der Waals surface area contributed by atoms with E-state index < -0.39 is 10.9 Å². The predicted octanol–water partition coefficient (Wildman–Crippen LogP) is 1.42. The molecule has 0 aliphatic rings. The SMILES string of the molecule is COCCOC(=O)c1cc([N+](=O)[O-])ccc1OCCOC. The molecule has 1 rings (SSSR count). The van der Waals surface area contributed by atoms with Gasteiger partial charge in [0.05, 0.1) is 18.1 Å². The van der Waals surface area contributed by atoms with Crippen molar-refractivity contribution < 1.29 is 28.7 Å². The Bertz CT molecular complexity index is 489. The Morgan fingerprint density at radius 1 is 1.14 bits per heavy atom. The topological polar surface area (TPSA) is 97.1 Å². The van der Waals surface area contributed by atoms with Crippen LogP contribution >= 0.6 is 0 Å². The zero-order valence-electron chi connectivity index (χ0n) is 11.9. The monoisotopic (exact) mass is 299 g/mol. The quantitative estimate of drug-likeness (QED) is 0.294. The highest BCUT2D eigenvalue weighted by Gasteiger charge is 2.19. The summed E-state index contributed by atoms with van der Waals surface area (Å²) in [5, 5.41) is 10.8. The standard InChI is InChI=1S/C13H17NO7/c1-18-5-7-20-12-4-3-10(14(16)17)9-11(12)13(15)21-8-6-19-2/h3-4,9H,5-8H2,1-2H3. The van der Waals surface area contributed by atoms with Gasteiger partial charge >= 0.3 is 5.97 Å². The van der Waals surface area contributed by atoms with Crippen LogP contribution in [-0.4, -0.2) is 51.5 Å². The number of hydrogen-bond donors (Lipinski definition) is 0. The van der Waals surface area contributed by atoms with E-state index in [1.54, 1.807) is 0 Å². The summed E-state index contributed by atoms with van der Waals surface area (Å²) in [6, 6.07) is 3.74. The summed E-state index contributed by atoms with van der Waals surface area (Å²) in [6.45, 7) is 0.831. The number of esters is 1. The fraction of sp³-hybridized carbons (Fsp3) is 0.462. The number of non-ortho nitro benzene ring substituents is 1. The summed E-state index contributed by atoms with van der Waals surface area (Å²) in [7, 11) is 2.99. The lowest BCUT2D eigenvalue weighted by atomic mass is 10.2. The van der Waals surface area contributed by atoms with Crippen molar-refractivity contribution in [2.24, 2.45) is 0 Å². The Labute approximate surface area is 121 Å². The average Bonchev–Trinajstić information content (AvgIpc) is 2.47. The third-order valence-corrected chi connectivity index (χ3v) is 2.46. The minimum atomic E-state index is -0.705. The summed E-state index contributed by atoms with van der Waals surface area (Å²) in [5.74, 6) is -0.497. The van der Waals surface area contributed by atoms with E-state index in [-0.39, 0.29) is 36.8 Å². The van der Waals surface area contributed by atoms with E-state index in [2.05, 4.69) is 0 Å². The second kappa shape index (κ2) is 8.88. The van der Waals surface area contributed by atoms with Gasteiger partial charge in [-0.15, -0.1) is 0 Å². The van der Waals surface area contributed by atoms with Gasteiger partial charge in [-0.3, -0.25) is 10.1 Å². The summed E-state index contributed by atoms with van der Waals surface area (Å²) in [4.78, 5) is 22.1. The van der Waals surface area contributed by atoms with Gasteiger partial charge < -0.3 is 18.9 Å². The number of rotatable bonds is 9. The molecular weight excluding hydrogens is 282 g/mol. The van der Waals surface area contributed by atoms with Crippen molar-refractivity contribution in [3.05, 3.63) is 33.9 Å². The number of methoxy groups -OCH3 is 2. The molecule has 1 aromatic rings. The number of carbonyl (C=O) groups is 1. The lowest BCUT2D eigenvalue weighted by Crippen LogP contribution is -2.13. The first kappa shape index (κ1) is 16.9. The van der Waals surface area contributed by atoms with Crippen LogP contribution in [0.1, 0.15) is 10.4 Å². The van der Waals surface area contributed by atoms with Crippen molar-refractivity contribution in [1.82, 2.24) is 0 Å². The van der Waals surface area contributed by atoms with E-state index >= 15 is 0 Å². The maximum atomic E-state index is 11.9. The van der Waals surface area contributed by atoms with Gasteiger partial charge in [0.2, 0.25) is 0 Å². The van der Waals surface area contributed by atoms with Crippen molar-refractivity contribution in [3.8, 4) is 5.75 Å². The van der Waals surface area contributed by atoms with E-state index in [4.69, 9.17) is 18.9 Å². The molecule has 0 amide bonds. The Kier molecular flexibility index (Phi) is 7.13. The lowest BCUT2D eigenvalue weighted by Gasteiger charge is -2.11. The van der Waals surface area contributed by atoms with Crippen LogP contribution in [0.4, 0.5) is 5.69 Å². The van der Waals surface area contributed by atoms with Crippen LogP contribution in [-0.2, 0) is 14.2 Å². The van der Waals surface area contributed by atoms with Crippen molar-refractivity contribution in [3.63, 3.8) is 0 Å². The Hall–Kier alpha value is -2.19. The van der Waals surface area contributed by atoms with E-state index in [0.29, 0.717) is 6.61 Å². The molecule has 0 radical (unpaired) electrons. The molecule has 116 valence electrons. The first-order valence-corrected chi connectivity index (χ1v) is 6.16. The zero-order chi connectivity index (χ0) is 15.7. The van der Waals surface area contributed by atoms with Gasteiger partial charge in [0.25, 0.3) is 5.69 Å². The van der Waals surface area contributed by atoms with E-state index in [9.17, 15) is 14.9 Å². The highest BCUT2D eigenvalue weighted by atomic mass is 16.6. The Balaban J connectivity index is 2.90. The molecule has 8 heteroatoms. The smallest absolute Gasteiger partial charge is 0.342 e. The molecule has 0 saturated heterocycles. The van der Waals surface area contributed by atoms with Crippen LogP contribution in [0.25, 0.3) is 0 Å². The number of nitrogens with zero attached hydrogens (tertiary/aromatic N) is 1. The van der Waals surface area contributed by atoms with Gasteiger partial charge in [-0.1, -0.05) is 0 Å². The summed E-state index contributed by atoms with van der Waals surface area (Å²) in [6.07, 6.45) is 0. The van der Waals surface area contributed by atoms with Crippen molar-refractivity contribution in [1.29, 1.82) is 0 Å². The fourth-order valence-electron chi connectivity index (χ4n) is 1.45. The average molecular weight is 299 g/mol. The summed E-state index contributed by atoms with van der Waals surface area (Å²) < 4.78 is 19.9.